The first-order valence-electron chi connectivity index (χ1n) is 19.5. The predicted octanol–water partition coefficient (Wildman–Crippen LogP) is 5.11. The summed E-state index contributed by atoms with van der Waals surface area (Å²) in [6, 6.07) is 9.79. The van der Waals surface area contributed by atoms with Crippen LogP contribution in [0.5, 0.6) is 0 Å². The average molecular weight is 806 g/mol. The van der Waals surface area contributed by atoms with Gasteiger partial charge in [0.25, 0.3) is 5.91 Å². The Labute approximate surface area is 330 Å². The SMILES string of the molecule is CCOC(=O)CCN1CCC(N2CCN(C(=O)[C@@H](Cc3cc(Cl)c(N)c(C(F)(F)F)c3)OC(=O)N3CCC(N4CCc5ccccc5NC4=O)CC3)CC2)CC1. The molecule has 0 bridgehead atoms. The van der Waals surface area contributed by atoms with Gasteiger partial charge in [-0.3, -0.25) is 14.5 Å². The number of rotatable bonds is 10. The number of piperidine rings is 2. The number of amides is 4. The van der Waals surface area contributed by atoms with Crippen LogP contribution in [-0.4, -0.2) is 139 Å². The second kappa shape index (κ2) is 18.3. The van der Waals surface area contributed by atoms with Gasteiger partial charge in [0.15, 0.2) is 6.10 Å². The van der Waals surface area contributed by atoms with Crippen LogP contribution in [0, 0.1) is 0 Å². The van der Waals surface area contributed by atoms with Crippen molar-refractivity contribution in [2.45, 2.75) is 76.2 Å². The van der Waals surface area contributed by atoms with Gasteiger partial charge in [0.05, 0.1) is 29.3 Å². The first-order valence-corrected chi connectivity index (χ1v) is 19.9. The number of urea groups is 1. The molecule has 3 saturated heterocycles. The molecule has 56 heavy (non-hydrogen) atoms. The van der Waals surface area contributed by atoms with E-state index < -0.39 is 35.5 Å². The molecule has 3 N–H and O–H groups in total. The van der Waals surface area contributed by atoms with E-state index in [1.54, 1.807) is 16.7 Å². The predicted molar refractivity (Wildman–Crippen MR) is 204 cm³/mol. The fourth-order valence-electron chi connectivity index (χ4n) is 8.22. The number of nitrogens with zero attached hydrogens (tertiary/aromatic N) is 5. The van der Waals surface area contributed by atoms with Crippen molar-refractivity contribution >= 4 is 47.0 Å². The van der Waals surface area contributed by atoms with E-state index in [4.69, 9.17) is 26.8 Å². The summed E-state index contributed by atoms with van der Waals surface area (Å²) in [4.78, 5) is 62.2. The maximum Gasteiger partial charge on any atom is 0.418 e. The summed E-state index contributed by atoms with van der Waals surface area (Å²) in [5.41, 5.74) is 5.83. The number of ether oxygens (including phenoxy) is 2. The number of carbonyl (C=O) groups excluding carboxylic acids is 4. The Hall–Kier alpha value is -4.28. The van der Waals surface area contributed by atoms with Crippen molar-refractivity contribution in [3.63, 3.8) is 0 Å². The quantitative estimate of drug-likeness (QED) is 0.248. The number of likely N-dealkylation sites (tertiary alicyclic amines) is 2. The number of esters is 1. The number of hydrogen-bond donors (Lipinski definition) is 2. The maximum atomic E-state index is 14.1. The molecule has 3 fully saturated rings. The number of carbonyl (C=O) groups is 4. The van der Waals surface area contributed by atoms with Crippen molar-refractivity contribution in [3.8, 4) is 0 Å². The van der Waals surface area contributed by atoms with Gasteiger partial charge in [0.2, 0.25) is 0 Å². The van der Waals surface area contributed by atoms with Gasteiger partial charge < -0.3 is 40.1 Å². The summed E-state index contributed by atoms with van der Waals surface area (Å²) in [6.45, 7) is 7.48. The van der Waals surface area contributed by atoms with Crippen LogP contribution in [-0.2, 0) is 38.1 Å². The van der Waals surface area contributed by atoms with Gasteiger partial charge >= 0.3 is 24.3 Å². The number of para-hydroxylation sites is 1. The molecular weight excluding hydrogens is 755 g/mol. The van der Waals surface area contributed by atoms with E-state index in [0.29, 0.717) is 77.6 Å². The number of nitrogens with two attached hydrogens (primary N) is 1. The highest BCUT2D eigenvalue weighted by molar-refractivity contribution is 6.33. The van der Waals surface area contributed by atoms with E-state index in [9.17, 15) is 32.3 Å². The number of hydrogen-bond acceptors (Lipinski definition) is 9. The molecule has 0 saturated carbocycles. The summed E-state index contributed by atoms with van der Waals surface area (Å²) in [7, 11) is 0. The number of anilines is 2. The second-order valence-corrected chi connectivity index (χ2v) is 15.3. The van der Waals surface area contributed by atoms with Crippen molar-refractivity contribution in [1.82, 2.24) is 24.5 Å². The molecule has 2 aromatic rings. The summed E-state index contributed by atoms with van der Waals surface area (Å²) < 4.78 is 52.6. The van der Waals surface area contributed by atoms with Crippen molar-refractivity contribution < 1.29 is 41.8 Å². The molecule has 1 atom stereocenters. The molecule has 4 aliphatic rings. The van der Waals surface area contributed by atoms with Crippen molar-refractivity contribution in [2.75, 3.05) is 83.1 Å². The molecule has 0 unspecified atom stereocenters. The average Bonchev–Trinajstić information content (AvgIpc) is 3.35. The minimum Gasteiger partial charge on any atom is -0.466 e. The molecule has 0 aliphatic carbocycles. The number of nitrogen functional groups attached to an aromatic ring is 1. The smallest absolute Gasteiger partial charge is 0.418 e. The molecule has 4 amide bonds. The lowest BCUT2D eigenvalue weighted by Gasteiger charge is -2.43. The van der Waals surface area contributed by atoms with Crippen molar-refractivity contribution in [1.29, 1.82) is 0 Å². The first-order chi connectivity index (χ1) is 26.8. The number of fused-ring (bicyclic) bond motifs is 1. The van der Waals surface area contributed by atoms with Gasteiger partial charge in [0.1, 0.15) is 0 Å². The van der Waals surface area contributed by atoms with E-state index in [1.165, 1.54) is 11.0 Å². The number of nitrogens with one attached hydrogen (secondary N) is 1. The molecule has 0 aromatic heterocycles. The summed E-state index contributed by atoms with van der Waals surface area (Å²) >= 11 is 6.13. The summed E-state index contributed by atoms with van der Waals surface area (Å²) in [5.74, 6) is -0.696. The zero-order valence-corrected chi connectivity index (χ0v) is 32.5. The van der Waals surface area contributed by atoms with Crippen molar-refractivity contribution in [3.05, 3.63) is 58.1 Å². The third-order valence-corrected chi connectivity index (χ3v) is 11.7. The largest absolute Gasteiger partial charge is 0.466 e. The van der Waals surface area contributed by atoms with Crippen LogP contribution in [0.1, 0.15) is 55.7 Å². The highest BCUT2D eigenvalue weighted by atomic mass is 35.5. The maximum absolute atomic E-state index is 14.1. The van der Waals surface area contributed by atoms with Crippen LogP contribution in [0.3, 0.4) is 0 Å². The van der Waals surface area contributed by atoms with Crippen LogP contribution in [0.2, 0.25) is 5.02 Å². The van der Waals surface area contributed by atoms with Crippen LogP contribution in [0.4, 0.5) is 34.1 Å². The third kappa shape index (κ3) is 10.2. The molecular formula is C39H51ClF3N7O6. The van der Waals surface area contributed by atoms with Gasteiger partial charge in [-0.25, -0.2) is 9.59 Å². The van der Waals surface area contributed by atoms with Crippen LogP contribution < -0.4 is 11.1 Å². The fraction of sp³-hybridized carbons (Fsp3) is 0.590. The monoisotopic (exact) mass is 805 g/mol. The van der Waals surface area contributed by atoms with E-state index in [1.807, 2.05) is 24.3 Å². The lowest BCUT2D eigenvalue weighted by Crippen LogP contribution is -2.56. The zero-order valence-electron chi connectivity index (χ0n) is 31.7. The molecule has 306 valence electrons. The number of alkyl halides is 3. The van der Waals surface area contributed by atoms with Crippen LogP contribution >= 0.6 is 11.6 Å². The van der Waals surface area contributed by atoms with Crippen LogP contribution in [0.25, 0.3) is 0 Å². The summed E-state index contributed by atoms with van der Waals surface area (Å²) in [6.07, 6.45) is -3.40. The molecule has 0 spiro atoms. The van der Waals surface area contributed by atoms with E-state index >= 15 is 0 Å². The molecule has 17 heteroatoms. The van der Waals surface area contributed by atoms with Gasteiger partial charge in [-0.15, -0.1) is 0 Å². The number of benzene rings is 2. The van der Waals surface area contributed by atoms with Gasteiger partial charge in [0, 0.05) is 76.5 Å². The second-order valence-electron chi connectivity index (χ2n) is 14.9. The van der Waals surface area contributed by atoms with Gasteiger partial charge in [-0.2, -0.15) is 13.2 Å². The zero-order chi connectivity index (χ0) is 40.0. The topological polar surface area (TPSA) is 141 Å². The standard InChI is InChI=1S/C39H51ClF3N7O6/c1-2-55-34(51)12-15-46-13-8-28(9-14-46)47-19-21-48(22-20-47)36(52)33(25-26-23-30(39(41,42)43)35(44)31(40)24-26)56-38(54)49-16-10-29(11-17-49)50-18-7-27-5-3-4-6-32(27)45-37(50)53/h3-6,23-24,28-29,33H,2,7-22,25,44H2,1H3,(H,45,53)/t33-/m1/s1. The molecule has 4 aliphatic heterocycles. The summed E-state index contributed by atoms with van der Waals surface area (Å²) in [5, 5.41) is 2.68. The Morgan fingerprint density at radius 3 is 2.29 bits per heavy atom. The van der Waals surface area contributed by atoms with E-state index in [0.717, 1.165) is 43.2 Å². The Bertz CT molecular complexity index is 1730. The number of halogens is 4. The molecule has 2 aromatic carbocycles. The Morgan fingerprint density at radius 2 is 1.61 bits per heavy atom. The Balaban J connectivity index is 1.07. The highest BCUT2D eigenvalue weighted by Crippen LogP contribution is 2.38. The number of piperazine rings is 1. The Morgan fingerprint density at radius 1 is 0.929 bits per heavy atom. The first kappa shape index (κ1) is 41.4. The van der Waals surface area contributed by atoms with Crippen molar-refractivity contribution in [2.24, 2.45) is 0 Å². The Kier molecular flexibility index (Phi) is 13.5. The van der Waals surface area contributed by atoms with E-state index in [-0.39, 0.29) is 48.1 Å². The lowest BCUT2D eigenvalue weighted by atomic mass is 10.0. The van der Waals surface area contributed by atoms with Gasteiger partial charge in [-0.1, -0.05) is 29.8 Å². The minimum atomic E-state index is -4.79. The van der Waals surface area contributed by atoms with Crippen LogP contribution in [0.15, 0.2) is 36.4 Å². The fourth-order valence-corrected chi connectivity index (χ4v) is 8.46. The highest BCUT2D eigenvalue weighted by Gasteiger charge is 2.38. The molecule has 4 heterocycles. The minimum absolute atomic E-state index is 0.0582. The molecule has 0 radical (unpaired) electrons. The molecule has 13 nitrogen and oxygen atoms in total. The third-order valence-electron chi connectivity index (χ3n) is 11.4. The normalized spacial score (nSPS) is 19.9. The molecule has 6 rings (SSSR count). The van der Waals surface area contributed by atoms with Gasteiger partial charge in [-0.05, 0) is 81.4 Å². The lowest BCUT2D eigenvalue weighted by molar-refractivity contribution is -0.144. The van der Waals surface area contributed by atoms with E-state index in [2.05, 4.69) is 15.1 Å².